The van der Waals surface area contributed by atoms with E-state index in [9.17, 15) is 4.79 Å². The molecule has 15 heavy (non-hydrogen) atoms. The second-order valence-corrected chi connectivity index (χ2v) is 22.0. The zero-order valence-electron chi connectivity index (χ0n) is 9.18. The molecule has 1 amide bonds. The first-order chi connectivity index (χ1) is 6.11. The second-order valence-electron chi connectivity index (χ2n) is 3.57. The van der Waals surface area contributed by atoms with Crippen molar-refractivity contribution in [2.75, 3.05) is 0 Å². The van der Waals surface area contributed by atoms with Crippen LogP contribution in [0.25, 0.3) is 0 Å². The molecule has 0 aromatic rings. The maximum absolute atomic E-state index is 11.0. The van der Waals surface area contributed by atoms with E-state index in [0.717, 1.165) is 6.42 Å². The van der Waals surface area contributed by atoms with Gasteiger partial charge in [0, 0.05) is 0 Å². The average Bonchev–Trinajstić information content (AvgIpc) is 2.50. The van der Waals surface area contributed by atoms with Crippen molar-refractivity contribution in [3.63, 3.8) is 0 Å². The number of hydrogen-bond acceptors (Lipinski definition) is 1. The van der Waals surface area contributed by atoms with Gasteiger partial charge in [-0.15, -0.1) is 0 Å². The number of amides is 1. The van der Waals surface area contributed by atoms with Gasteiger partial charge in [-0.2, -0.15) is 0 Å². The zero-order valence-corrected chi connectivity index (χ0v) is 14.3. The summed E-state index contributed by atoms with van der Waals surface area (Å²) in [5.74, 6) is -0.469. The molecule has 85 valence electrons. The molecule has 1 N–H and O–H groups in total. The van der Waals surface area contributed by atoms with E-state index in [1.54, 1.807) is 10.2 Å². The number of carbonyl (C=O) groups is 1. The molecule has 0 unspecified atom stereocenters. The number of nitrogens with one attached hydrogen (secondary N) is 1. The van der Waals surface area contributed by atoms with Gasteiger partial charge in [0.05, 0.1) is 0 Å². The molecular weight excluding hydrogens is 328 g/mol. The molecule has 1 rings (SSSR count). The van der Waals surface area contributed by atoms with Crippen LogP contribution < -0.4 is 28.1 Å². The summed E-state index contributed by atoms with van der Waals surface area (Å²) < 4.78 is 4.80. The van der Waals surface area contributed by atoms with Crippen LogP contribution in [0.1, 0.15) is 13.3 Å². The third kappa shape index (κ3) is 6.06. The topological polar surface area (TPSA) is 29.1 Å². The SMILES string of the molecule is CC(=O)[NH][Zr+2]([C]1=CC=CC1)[SiH](C)C.[Cl-].[Cl-]. The van der Waals surface area contributed by atoms with E-state index in [4.69, 9.17) is 0 Å². The maximum Gasteiger partial charge on any atom is -1.00 e. The monoisotopic (exact) mass is 342 g/mol. The quantitative estimate of drug-likeness (QED) is 0.514. The van der Waals surface area contributed by atoms with Gasteiger partial charge in [-0.05, 0) is 0 Å². The summed E-state index contributed by atoms with van der Waals surface area (Å²) >= 11 is -1.67. The Hall–Kier alpha value is 0.630. The van der Waals surface area contributed by atoms with Crippen molar-refractivity contribution in [1.29, 1.82) is 0 Å². The van der Waals surface area contributed by atoms with Gasteiger partial charge in [0.2, 0.25) is 0 Å². The summed E-state index contributed by atoms with van der Waals surface area (Å²) in [5, 5.41) is 0. The molecule has 0 saturated heterocycles. The summed E-state index contributed by atoms with van der Waals surface area (Å²) in [6.07, 6.45) is 7.63. The Balaban J connectivity index is 0. The van der Waals surface area contributed by atoms with Crippen molar-refractivity contribution in [1.82, 2.24) is 3.26 Å². The molecule has 1 aliphatic rings. The molecule has 0 aromatic heterocycles. The average molecular weight is 344 g/mol. The van der Waals surface area contributed by atoms with Gasteiger partial charge in [-0.25, -0.2) is 0 Å². The molecule has 0 radical (unpaired) electrons. The third-order valence-corrected chi connectivity index (χ3v) is 18.9. The Bertz CT molecular complexity index is 269. The van der Waals surface area contributed by atoms with Gasteiger partial charge in [0.1, 0.15) is 0 Å². The summed E-state index contributed by atoms with van der Waals surface area (Å²) in [7, 11) is 0. The summed E-state index contributed by atoms with van der Waals surface area (Å²) in [6, 6.07) is 0. The van der Waals surface area contributed by atoms with Crippen LogP contribution in [0.2, 0.25) is 13.1 Å². The van der Waals surface area contributed by atoms with Crippen molar-refractivity contribution in [3.8, 4) is 0 Å². The van der Waals surface area contributed by atoms with Crippen LogP contribution >= 0.6 is 0 Å². The standard InChI is InChI=1S/C5H5.C2H5NO.C2H7Si.2ClH.Zr/c1-2-4-5-3-1;1-2(3)4;1-3-2;;;/h1-3H,4H2;1H3,(H2,3,4);3H,1-2H3;2*1H;/q;;;;;+3/p-3. The molecule has 2 nitrogen and oxygen atoms in total. The van der Waals surface area contributed by atoms with Crippen LogP contribution in [0.4, 0.5) is 0 Å². The van der Waals surface area contributed by atoms with E-state index in [1.165, 1.54) is 0 Å². The first kappa shape index (κ1) is 18.0. The molecular formula is C9H16Cl2NOSiZr. The van der Waals surface area contributed by atoms with Crippen molar-refractivity contribution in [2.24, 2.45) is 0 Å². The van der Waals surface area contributed by atoms with Gasteiger partial charge < -0.3 is 24.8 Å². The molecule has 6 heteroatoms. The van der Waals surface area contributed by atoms with Gasteiger partial charge >= 0.3 is 89.0 Å². The third-order valence-electron chi connectivity index (χ3n) is 2.01. The molecule has 0 bridgehead atoms. The van der Waals surface area contributed by atoms with Crippen molar-refractivity contribution in [2.45, 2.75) is 26.4 Å². The zero-order chi connectivity index (χ0) is 9.84. The number of carbonyl (C=O) groups excluding carboxylic acids is 1. The molecule has 0 aliphatic heterocycles. The fraction of sp³-hybridized carbons (Fsp3) is 0.444. The minimum absolute atomic E-state index is 0. The van der Waals surface area contributed by atoms with E-state index in [0.29, 0.717) is 0 Å². The van der Waals surface area contributed by atoms with E-state index < -0.39 is 27.1 Å². The first-order valence-electron chi connectivity index (χ1n) is 4.61. The molecule has 0 aromatic carbocycles. The van der Waals surface area contributed by atoms with Crippen molar-refractivity contribution < 1.29 is 50.8 Å². The minimum Gasteiger partial charge on any atom is -1.00 e. The Morgan fingerprint density at radius 3 is 2.40 bits per heavy atom. The van der Waals surface area contributed by atoms with Crippen LogP contribution in [-0.2, 0) is 26.0 Å². The first-order valence-corrected chi connectivity index (χ1v) is 14.2. The number of allylic oxidation sites excluding steroid dienone is 4. The van der Waals surface area contributed by atoms with E-state index in [1.807, 2.05) is 0 Å². The van der Waals surface area contributed by atoms with Crippen LogP contribution in [0.3, 0.4) is 0 Å². The molecule has 1 aliphatic carbocycles. The molecule has 0 atom stereocenters. The minimum atomic E-state index is -1.67. The van der Waals surface area contributed by atoms with Gasteiger partial charge in [0.25, 0.3) is 0 Å². The van der Waals surface area contributed by atoms with Gasteiger partial charge in [-0.1, -0.05) is 0 Å². The Kier molecular flexibility index (Phi) is 10.5. The van der Waals surface area contributed by atoms with Crippen molar-refractivity contribution >= 4 is 11.8 Å². The Labute approximate surface area is 113 Å². The summed E-state index contributed by atoms with van der Waals surface area (Å²) in [6.45, 7) is 6.34. The summed E-state index contributed by atoms with van der Waals surface area (Å²) in [4.78, 5) is 11.0. The van der Waals surface area contributed by atoms with Gasteiger partial charge in [-0.3, -0.25) is 0 Å². The fourth-order valence-corrected chi connectivity index (χ4v) is 15.4. The summed E-state index contributed by atoms with van der Waals surface area (Å²) in [5.41, 5.74) is 0. The van der Waals surface area contributed by atoms with Crippen LogP contribution in [0.15, 0.2) is 21.5 Å². The number of hydrogen-bond donors (Lipinski definition) is 1. The predicted octanol–water partition coefficient (Wildman–Crippen LogP) is -4.51. The van der Waals surface area contributed by atoms with Crippen LogP contribution in [0.5, 0.6) is 0 Å². The smallest absolute Gasteiger partial charge is 1.00 e. The predicted molar refractivity (Wildman–Crippen MR) is 54.5 cm³/mol. The normalized spacial score (nSPS) is 12.7. The largest absolute Gasteiger partial charge is 1.00 e. The fourth-order valence-electron chi connectivity index (χ4n) is 1.43. The number of rotatable bonds is 3. The van der Waals surface area contributed by atoms with E-state index in [2.05, 4.69) is 34.6 Å². The van der Waals surface area contributed by atoms with Crippen LogP contribution in [-0.4, -0.2) is 11.8 Å². The maximum atomic E-state index is 11.0. The van der Waals surface area contributed by atoms with E-state index >= 15 is 0 Å². The Morgan fingerprint density at radius 2 is 2.07 bits per heavy atom. The van der Waals surface area contributed by atoms with Gasteiger partial charge in [0.15, 0.2) is 0 Å². The molecule has 0 spiro atoms. The Morgan fingerprint density at radius 1 is 1.47 bits per heavy atom. The number of halogens is 2. The second kappa shape index (κ2) is 8.74. The van der Waals surface area contributed by atoms with E-state index in [-0.39, 0.29) is 30.7 Å². The van der Waals surface area contributed by atoms with Crippen LogP contribution in [0, 0.1) is 0 Å². The van der Waals surface area contributed by atoms with Crippen molar-refractivity contribution in [3.05, 3.63) is 21.5 Å². The molecule has 0 fully saturated rings. The molecule has 0 saturated carbocycles. The molecule has 0 heterocycles.